The van der Waals surface area contributed by atoms with E-state index in [4.69, 9.17) is 17.3 Å². The molecule has 0 aliphatic rings. The zero-order valence-electron chi connectivity index (χ0n) is 9.15. The van der Waals surface area contributed by atoms with Crippen LogP contribution < -0.4 is 5.73 Å². The summed E-state index contributed by atoms with van der Waals surface area (Å²) in [5.41, 5.74) is 8.55. The largest absolute Gasteiger partial charge is 0.399 e. The second-order valence-corrected chi connectivity index (χ2v) is 6.48. The minimum absolute atomic E-state index is 0.756. The summed E-state index contributed by atoms with van der Waals surface area (Å²) in [6.45, 7) is 0. The van der Waals surface area contributed by atoms with Crippen LogP contribution in [0.15, 0.2) is 36.4 Å². The van der Waals surface area contributed by atoms with Crippen LogP contribution in [0, 0.1) is 3.57 Å². The number of anilines is 1. The van der Waals surface area contributed by atoms with E-state index in [-0.39, 0.29) is 0 Å². The van der Waals surface area contributed by atoms with Gasteiger partial charge in [0, 0.05) is 14.8 Å². The van der Waals surface area contributed by atoms with Crippen molar-refractivity contribution in [1.82, 2.24) is 4.98 Å². The van der Waals surface area contributed by atoms with Gasteiger partial charge in [-0.15, -0.1) is 11.3 Å². The molecular weight excluding hydrogens is 379 g/mol. The van der Waals surface area contributed by atoms with Crippen LogP contribution in [0.3, 0.4) is 0 Å². The second-order valence-electron chi connectivity index (χ2n) is 3.88. The van der Waals surface area contributed by atoms with Crippen molar-refractivity contribution in [3.05, 3.63) is 45.0 Å². The quantitative estimate of drug-likeness (QED) is 0.482. The molecule has 2 aromatic carbocycles. The van der Waals surface area contributed by atoms with Crippen LogP contribution >= 0.6 is 45.5 Å². The molecular formula is C13H8ClIN2S. The van der Waals surface area contributed by atoms with Crippen molar-refractivity contribution in [2.75, 3.05) is 5.73 Å². The average molecular weight is 387 g/mol. The number of nitrogens with zero attached hydrogens (tertiary/aromatic N) is 1. The van der Waals surface area contributed by atoms with Gasteiger partial charge in [-0.2, -0.15) is 0 Å². The Morgan fingerprint density at radius 2 is 2.00 bits per heavy atom. The van der Waals surface area contributed by atoms with E-state index in [9.17, 15) is 0 Å². The summed E-state index contributed by atoms with van der Waals surface area (Å²) in [4.78, 5) is 4.60. The predicted molar refractivity (Wildman–Crippen MR) is 87.2 cm³/mol. The summed E-state index contributed by atoms with van der Waals surface area (Å²) in [7, 11) is 0. The predicted octanol–water partition coefficient (Wildman–Crippen LogP) is 4.80. The molecule has 0 aliphatic carbocycles. The Morgan fingerprint density at radius 1 is 1.17 bits per heavy atom. The maximum Gasteiger partial charge on any atom is 0.124 e. The van der Waals surface area contributed by atoms with Gasteiger partial charge in [0.15, 0.2) is 0 Å². The lowest BCUT2D eigenvalue weighted by atomic mass is 10.2. The minimum Gasteiger partial charge on any atom is -0.399 e. The molecule has 0 radical (unpaired) electrons. The van der Waals surface area contributed by atoms with Gasteiger partial charge in [0.05, 0.1) is 15.2 Å². The van der Waals surface area contributed by atoms with E-state index in [1.54, 1.807) is 11.3 Å². The summed E-state index contributed by atoms with van der Waals surface area (Å²) < 4.78 is 2.14. The maximum absolute atomic E-state index is 6.14. The molecule has 0 saturated heterocycles. The van der Waals surface area contributed by atoms with Gasteiger partial charge in [0.2, 0.25) is 0 Å². The highest BCUT2D eigenvalue weighted by Gasteiger charge is 2.08. The molecule has 2 nitrogen and oxygen atoms in total. The number of benzene rings is 2. The first-order chi connectivity index (χ1) is 8.63. The lowest BCUT2D eigenvalue weighted by Gasteiger charge is -1.98. The lowest BCUT2D eigenvalue weighted by molar-refractivity contribution is 1.47. The van der Waals surface area contributed by atoms with Crippen LogP contribution in [0.1, 0.15) is 0 Å². The number of fused-ring (bicyclic) bond motifs is 1. The van der Waals surface area contributed by atoms with E-state index in [0.29, 0.717) is 0 Å². The number of thiazole rings is 1. The number of nitrogen functional groups attached to an aromatic ring is 1. The normalized spacial score (nSPS) is 11.0. The van der Waals surface area contributed by atoms with Gasteiger partial charge < -0.3 is 5.73 Å². The third-order valence-corrected chi connectivity index (χ3v) is 5.22. The third-order valence-electron chi connectivity index (χ3n) is 2.58. The molecule has 1 heterocycles. The highest BCUT2D eigenvalue weighted by atomic mass is 127. The van der Waals surface area contributed by atoms with Crippen molar-refractivity contribution in [1.29, 1.82) is 0 Å². The molecule has 0 unspecified atom stereocenters. The maximum atomic E-state index is 6.14. The number of rotatable bonds is 1. The zero-order chi connectivity index (χ0) is 12.7. The Labute approximate surface area is 127 Å². The molecule has 90 valence electrons. The topological polar surface area (TPSA) is 38.9 Å². The summed E-state index contributed by atoms with van der Waals surface area (Å²) in [5, 5.41) is 1.72. The van der Waals surface area contributed by atoms with Crippen LogP contribution in [-0.2, 0) is 0 Å². The molecule has 0 atom stereocenters. The first kappa shape index (κ1) is 12.2. The highest BCUT2D eigenvalue weighted by molar-refractivity contribution is 14.1. The molecule has 5 heteroatoms. The second kappa shape index (κ2) is 4.68. The van der Waals surface area contributed by atoms with Crippen LogP contribution in [-0.4, -0.2) is 4.98 Å². The molecule has 0 spiro atoms. The van der Waals surface area contributed by atoms with Crippen LogP contribution in [0.2, 0.25) is 5.02 Å². The fourth-order valence-electron chi connectivity index (χ4n) is 1.69. The number of hydrogen-bond donors (Lipinski definition) is 1. The Hall–Kier alpha value is -0.850. The van der Waals surface area contributed by atoms with E-state index in [0.717, 1.165) is 35.1 Å². The Bertz CT molecular complexity index is 739. The summed E-state index contributed by atoms with van der Waals surface area (Å²) >= 11 is 9.98. The van der Waals surface area contributed by atoms with E-state index in [1.165, 1.54) is 0 Å². The standard InChI is InChI=1S/C13H8ClIN2S/c14-9-5-7(1-3-10(9)15)13-17-11-4-2-8(16)6-12(11)18-13/h1-6H,16H2. The van der Waals surface area contributed by atoms with Crippen molar-refractivity contribution in [2.24, 2.45) is 0 Å². The van der Waals surface area contributed by atoms with E-state index in [1.807, 2.05) is 36.4 Å². The van der Waals surface area contributed by atoms with Gasteiger partial charge >= 0.3 is 0 Å². The Morgan fingerprint density at radius 3 is 2.78 bits per heavy atom. The summed E-state index contributed by atoms with van der Waals surface area (Å²) in [5.74, 6) is 0. The molecule has 2 N–H and O–H groups in total. The molecule has 0 bridgehead atoms. The number of hydrogen-bond acceptors (Lipinski definition) is 3. The number of nitrogens with two attached hydrogens (primary N) is 1. The molecule has 0 aliphatic heterocycles. The van der Waals surface area contributed by atoms with Crippen molar-refractivity contribution in [3.63, 3.8) is 0 Å². The Balaban J connectivity index is 2.16. The van der Waals surface area contributed by atoms with Crippen LogP contribution in [0.5, 0.6) is 0 Å². The number of halogens is 2. The smallest absolute Gasteiger partial charge is 0.124 e. The van der Waals surface area contributed by atoms with Gasteiger partial charge in [0.1, 0.15) is 5.01 Å². The van der Waals surface area contributed by atoms with Crippen LogP contribution in [0.25, 0.3) is 20.8 Å². The third kappa shape index (κ3) is 2.20. The fourth-order valence-corrected chi connectivity index (χ4v) is 3.22. The van der Waals surface area contributed by atoms with Crippen molar-refractivity contribution < 1.29 is 0 Å². The van der Waals surface area contributed by atoms with Crippen molar-refractivity contribution in [3.8, 4) is 10.6 Å². The van der Waals surface area contributed by atoms with Crippen molar-refractivity contribution in [2.45, 2.75) is 0 Å². The SMILES string of the molecule is Nc1ccc2nc(-c3ccc(I)c(Cl)c3)sc2c1. The van der Waals surface area contributed by atoms with Gasteiger partial charge in [-0.25, -0.2) is 4.98 Å². The van der Waals surface area contributed by atoms with E-state index < -0.39 is 0 Å². The van der Waals surface area contributed by atoms with Gasteiger partial charge in [0.25, 0.3) is 0 Å². The number of aromatic nitrogens is 1. The monoisotopic (exact) mass is 386 g/mol. The van der Waals surface area contributed by atoms with E-state index >= 15 is 0 Å². The molecule has 3 rings (SSSR count). The van der Waals surface area contributed by atoms with Gasteiger partial charge in [-0.1, -0.05) is 17.7 Å². The molecule has 18 heavy (non-hydrogen) atoms. The molecule has 0 saturated carbocycles. The lowest BCUT2D eigenvalue weighted by Crippen LogP contribution is -1.81. The summed E-state index contributed by atoms with van der Waals surface area (Å²) in [6.07, 6.45) is 0. The summed E-state index contributed by atoms with van der Waals surface area (Å²) in [6, 6.07) is 11.7. The molecule has 0 amide bonds. The molecule has 3 aromatic rings. The Kier molecular flexibility index (Phi) is 3.17. The first-order valence-electron chi connectivity index (χ1n) is 5.25. The molecule has 1 aromatic heterocycles. The zero-order valence-corrected chi connectivity index (χ0v) is 12.9. The fraction of sp³-hybridized carbons (Fsp3) is 0. The average Bonchev–Trinajstić information content (AvgIpc) is 2.75. The minimum atomic E-state index is 0.756. The van der Waals surface area contributed by atoms with E-state index in [2.05, 4.69) is 27.6 Å². The first-order valence-corrected chi connectivity index (χ1v) is 7.52. The highest BCUT2D eigenvalue weighted by Crippen LogP contribution is 2.33. The van der Waals surface area contributed by atoms with Gasteiger partial charge in [-0.3, -0.25) is 0 Å². The van der Waals surface area contributed by atoms with Crippen LogP contribution in [0.4, 0.5) is 5.69 Å². The van der Waals surface area contributed by atoms with Gasteiger partial charge in [-0.05, 0) is 52.9 Å². The van der Waals surface area contributed by atoms with Crippen molar-refractivity contribution >= 4 is 61.4 Å². The molecule has 0 fully saturated rings.